The molecule has 2 N–H and O–H groups in total. The van der Waals surface area contributed by atoms with E-state index in [4.69, 9.17) is 0 Å². The molecule has 0 aromatic rings. The van der Waals surface area contributed by atoms with Crippen molar-refractivity contribution in [1.82, 2.24) is 15.5 Å². The van der Waals surface area contributed by atoms with Gasteiger partial charge in [-0.15, -0.1) is 0 Å². The normalized spacial score (nSPS) is 23.4. The third-order valence-corrected chi connectivity index (χ3v) is 3.59. The van der Waals surface area contributed by atoms with E-state index in [0.29, 0.717) is 12.6 Å². The van der Waals surface area contributed by atoms with Gasteiger partial charge in [0.1, 0.15) is 0 Å². The zero-order valence-electron chi connectivity index (χ0n) is 10.0. The van der Waals surface area contributed by atoms with E-state index in [1.165, 1.54) is 25.7 Å². The molecule has 0 atom stereocenters. The first kappa shape index (κ1) is 11.9. The Balaban J connectivity index is 1.69. The average molecular weight is 225 g/mol. The van der Waals surface area contributed by atoms with Crippen molar-refractivity contribution in [1.29, 1.82) is 0 Å². The van der Waals surface area contributed by atoms with Gasteiger partial charge in [-0.25, -0.2) is 0 Å². The molecule has 1 aliphatic heterocycles. The molecule has 16 heavy (non-hydrogen) atoms. The lowest BCUT2D eigenvalue weighted by molar-refractivity contribution is -0.130. The van der Waals surface area contributed by atoms with Gasteiger partial charge in [0.05, 0.1) is 6.54 Å². The minimum atomic E-state index is 0.274. The number of hydrogen-bond donors (Lipinski definition) is 2. The van der Waals surface area contributed by atoms with Gasteiger partial charge in [0, 0.05) is 25.7 Å². The molecule has 0 unspecified atom stereocenters. The average Bonchev–Trinajstić information content (AvgIpc) is 2.66. The highest BCUT2D eigenvalue weighted by Crippen LogP contribution is 2.17. The lowest BCUT2D eigenvalue weighted by Crippen LogP contribution is -2.42. The van der Waals surface area contributed by atoms with Gasteiger partial charge in [0.2, 0.25) is 5.91 Å². The lowest BCUT2D eigenvalue weighted by Gasteiger charge is -2.21. The highest BCUT2D eigenvalue weighted by Gasteiger charge is 2.18. The highest BCUT2D eigenvalue weighted by atomic mass is 16.2. The molecule has 2 fully saturated rings. The van der Waals surface area contributed by atoms with Crippen molar-refractivity contribution < 1.29 is 4.79 Å². The lowest BCUT2D eigenvalue weighted by atomic mass is 10.2. The molecule has 0 spiro atoms. The number of hydrogen-bond acceptors (Lipinski definition) is 3. The van der Waals surface area contributed by atoms with Gasteiger partial charge in [0.25, 0.3) is 0 Å². The van der Waals surface area contributed by atoms with E-state index >= 15 is 0 Å². The molecule has 1 saturated carbocycles. The molecule has 1 saturated heterocycles. The summed E-state index contributed by atoms with van der Waals surface area (Å²) in [5.74, 6) is 0.274. The summed E-state index contributed by atoms with van der Waals surface area (Å²) in [7, 11) is 0. The Labute approximate surface area is 97.8 Å². The van der Waals surface area contributed by atoms with Gasteiger partial charge in [-0.05, 0) is 25.8 Å². The SMILES string of the molecule is O=C(CNC1CCCC1)N1CCCNCC1. The number of rotatable bonds is 3. The molecule has 0 radical (unpaired) electrons. The third-order valence-electron chi connectivity index (χ3n) is 3.59. The van der Waals surface area contributed by atoms with Crippen LogP contribution < -0.4 is 10.6 Å². The summed E-state index contributed by atoms with van der Waals surface area (Å²) in [4.78, 5) is 13.9. The predicted octanol–water partition coefficient (Wildman–Crippen LogP) is 0.341. The molecule has 4 nitrogen and oxygen atoms in total. The van der Waals surface area contributed by atoms with E-state index < -0.39 is 0 Å². The smallest absolute Gasteiger partial charge is 0.236 e. The monoisotopic (exact) mass is 225 g/mol. The topological polar surface area (TPSA) is 44.4 Å². The number of carbonyl (C=O) groups excluding carboxylic acids is 1. The molecular weight excluding hydrogens is 202 g/mol. The molecule has 2 rings (SSSR count). The van der Waals surface area contributed by atoms with Gasteiger partial charge in [-0.2, -0.15) is 0 Å². The third kappa shape index (κ3) is 3.46. The van der Waals surface area contributed by atoms with E-state index in [1.807, 2.05) is 4.90 Å². The van der Waals surface area contributed by atoms with Gasteiger partial charge in [-0.1, -0.05) is 12.8 Å². The van der Waals surface area contributed by atoms with E-state index in [9.17, 15) is 4.79 Å². The minimum absolute atomic E-state index is 0.274. The summed E-state index contributed by atoms with van der Waals surface area (Å²) in [5.41, 5.74) is 0. The Hall–Kier alpha value is -0.610. The second-order valence-corrected chi connectivity index (χ2v) is 4.85. The molecule has 1 amide bonds. The van der Waals surface area contributed by atoms with Crippen LogP contribution in [-0.4, -0.2) is 49.6 Å². The Kier molecular flexibility index (Phi) is 4.60. The first-order chi connectivity index (χ1) is 7.86. The van der Waals surface area contributed by atoms with Crippen LogP contribution in [0.4, 0.5) is 0 Å². The van der Waals surface area contributed by atoms with Crippen molar-refractivity contribution in [3.05, 3.63) is 0 Å². The number of nitrogens with zero attached hydrogens (tertiary/aromatic N) is 1. The van der Waals surface area contributed by atoms with Crippen molar-refractivity contribution >= 4 is 5.91 Å². The summed E-state index contributed by atoms with van der Waals surface area (Å²) in [6.07, 6.45) is 6.21. The van der Waals surface area contributed by atoms with Crippen LogP contribution in [0.2, 0.25) is 0 Å². The molecule has 0 aromatic carbocycles. The van der Waals surface area contributed by atoms with Crippen LogP contribution >= 0.6 is 0 Å². The maximum Gasteiger partial charge on any atom is 0.236 e. The number of carbonyl (C=O) groups is 1. The summed E-state index contributed by atoms with van der Waals surface area (Å²) < 4.78 is 0. The van der Waals surface area contributed by atoms with E-state index in [2.05, 4.69) is 10.6 Å². The fourth-order valence-electron chi connectivity index (χ4n) is 2.57. The van der Waals surface area contributed by atoms with Crippen LogP contribution in [-0.2, 0) is 4.79 Å². The molecular formula is C12H23N3O. The highest BCUT2D eigenvalue weighted by molar-refractivity contribution is 5.78. The predicted molar refractivity (Wildman–Crippen MR) is 64.3 cm³/mol. The van der Waals surface area contributed by atoms with Crippen LogP contribution in [0.3, 0.4) is 0 Å². The molecule has 0 aromatic heterocycles. The zero-order valence-corrected chi connectivity index (χ0v) is 10.0. The van der Waals surface area contributed by atoms with Crippen LogP contribution in [0, 0.1) is 0 Å². The van der Waals surface area contributed by atoms with E-state index in [1.54, 1.807) is 0 Å². The van der Waals surface area contributed by atoms with Gasteiger partial charge in [0.15, 0.2) is 0 Å². The van der Waals surface area contributed by atoms with Gasteiger partial charge >= 0.3 is 0 Å². The number of amides is 1. The van der Waals surface area contributed by atoms with Crippen LogP contribution in [0.1, 0.15) is 32.1 Å². The van der Waals surface area contributed by atoms with E-state index in [0.717, 1.165) is 32.6 Å². The van der Waals surface area contributed by atoms with Gasteiger partial charge < -0.3 is 15.5 Å². The van der Waals surface area contributed by atoms with Crippen molar-refractivity contribution in [3.63, 3.8) is 0 Å². The Morgan fingerprint density at radius 1 is 1.19 bits per heavy atom. The summed E-state index contributed by atoms with van der Waals surface area (Å²) in [6.45, 7) is 4.29. The first-order valence-corrected chi connectivity index (χ1v) is 6.58. The van der Waals surface area contributed by atoms with E-state index in [-0.39, 0.29) is 5.91 Å². The maximum absolute atomic E-state index is 11.9. The summed E-state index contributed by atoms with van der Waals surface area (Å²) >= 11 is 0. The van der Waals surface area contributed by atoms with Crippen LogP contribution in [0.25, 0.3) is 0 Å². The standard InChI is InChI=1S/C12H23N3O/c16-12(10-14-11-4-1-2-5-11)15-8-3-6-13-7-9-15/h11,13-14H,1-10H2. The number of nitrogens with one attached hydrogen (secondary N) is 2. The summed E-state index contributed by atoms with van der Waals surface area (Å²) in [5, 5.41) is 6.70. The molecule has 4 heteroatoms. The largest absolute Gasteiger partial charge is 0.340 e. The molecule has 1 heterocycles. The van der Waals surface area contributed by atoms with Crippen LogP contribution in [0.15, 0.2) is 0 Å². The van der Waals surface area contributed by atoms with Crippen LogP contribution in [0.5, 0.6) is 0 Å². The second kappa shape index (κ2) is 6.21. The summed E-state index contributed by atoms with van der Waals surface area (Å²) in [6, 6.07) is 0.592. The Morgan fingerprint density at radius 2 is 2.00 bits per heavy atom. The van der Waals surface area contributed by atoms with Crippen molar-refractivity contribution in [3.8, 4) is 0 Å². The first-order valence-electron chi connectivity index (χ1n) is 6.58. The quantitative estimate of drug-likeness (QED) is 0.728. The fourth-order valence-corrected chi connectivity index (χ4v) is 2.57. The Bertz CT molecular complexity index is 218. The molecule has 92 valence electrons. The maximum atomic E-state index is 11.9. The van der Waals surface area contributed by atoms with Crippen molar-refractivity contribution in [2.24, 2.45) is 0 Å². The zero-order chi connectivity index (χ0) is 11.2. The van der Waals surface area contributed by atoms with Crippen molar-refractivity contribution in [2.75, 3.05) is 32.7 Å². The second-order valence-electron chi connectivity index (χ2n) is 4.85. The Morgan fingerprint density at radius 3 is 2.81 bits per heavy atom. The fraction of sp³-hybridized carbons (Fsp3) is 0.917. The molecule has 0 bridgehead atoms. The molecule has 1 aliphatic carbocycles. The van der Waals surface area contributed by atoms with Gasteiger partial charge in [-0.3, -0.25) is 4.79 Å². The van der Waals surface area contributed by atoms with Crippen molar-refractivity contribution in [2.45, 2.75) is 38.1 Å². The molecule has 2 aliphatic rings. The minimum Gasteiger partial charge on any atom is -0.340 e.